The number of benzene rings is 1. The number of rotatable bonds is 3. The van der Waals surface area contributed by atoms with E-state index in [0.29, 0.717) is 5.56 Å². The van der Waals surface area contributed by atoms with E-state index in [9.17, 15) is 4.79 Å². The number of nitrogens with one attached hydrogen (secondary N) is 1. The second-order valence-electron chi connectivity index (χ2n) is 3.93. The van der Waals surface area contributed by atoms with Crippen molar-refractivity contribution in [3.05, 3.63) is 63.9 Å². The average Bonchev–Trinajstić information content (AvgIpc) is 2.48. The van der Waals surface area contributed by atoms with Crippen molar-refractivity contribution in [3.8, 4) is 6.07 Å². The van der Waals surface area contributed by atoms with Crippen LogP contribution in [0.5, 0.6) is 0 Å². The zero-order valence-corrected chi connectivity index (χ0v) is 11.7. The van der Waals surface area contributed by atoms with Gasteiger partial charge in [0, 0.05) is 6.20 Å². The first-order chi connectivity index (χ1) is 9.61. The molecule has 2 aromatic rings. The monoisotopic (exact) mass is 305 g/mol. The Balaban J connectivity index is 2.22. The number of nitrogens with zero attached hydrogens (tertiary/aromatic N) is 2. The Morgan fingerprint density at radius 3 is 2.65 bits per heavy atom. The number of nitriles is 1. The molecule has 1 aromatic carbocycles. The van der Waals surface area contributed by atoms with E-state index in [1.807, 2.05) is 12.1 Å². The van der Waals surface area contributed by atoms with Crippen molar-refractivity contribution in [2.24, 2.45) is 0 Å². The maximum Gasteiger partial charge on any atom is 0.254 e. The fourth-order valence-corrected chi connectivity index (χ4v) is 1.98. The highest BCUT2D eigenvalue weighted by Gasteiger charge is 2.17. The number of amides is 1. The van der Waals surface area contributed by atoms with Gasteiger partial charge in [-0.3, -0.25) is 4.79 Å². The van der Waals surface area contributed by atoms with Gasteiger partial charge in [0.05, 0.1) is 16.7 Å². The number of carbonyl (C=O) groups excluding carboxylic acids is 1. The maximum atomic E-state index is 12.1. The molecule has 1 amide bonds. The third-order valence-electron chi connectivity index (χ3n) is 2.60. The van der Waals surface area contributed by atoms with Crippen LogP contribution in [-0.4, -0.2) is 10.9 Å². The summed E-state index contributed by atoms with van der Waals surface area (Å²) in [4.78, 5) is 15.9. The summed E-state index contributed by atoms with van der Waals surface area (Å²) >= 11 is 11.6. The zero-order valence-electron chi connectivity index (χ0n) is 10.2. The Morgan fingerprint density at radius 1 is 1.30 bits per heavy atom. The Hall–Kier alpha value is -2.09. The predicted octanol–water partition coefficient (Wildman–Crippen LogP) is 3.38. The van der Waals surface area contributed by atoms with Crippen molar-refractivity contribution in [2.45, 2.75) is 6.04 Å². The first-order valence-corrected chi connectivity index (χ1v) is 6.44. The normalized spacial score (nSPS) is 11.4. The summed E-state index contributed by atoms with van der Waals surface area (Å²) in [7, 11) is 0. The fraction of sp³-hybridized carbons (Fsp3) is 0.0714. The van der Waals surface area contributed by atoms with Gasteiger partial charge in [-0.2, -0.15) is 5.26 Å². The van der Waals surface area contributed by atoms with Crippen LogP contribution in [0.1, 0.15) is 22.0 Å². The molecular formula is C14H9Cl2N3O. The van der Waals surface area contributed by atoms with Gasteiger partial charge < -0.3 is 5.32 Å². The van der Waals surface area contributed by atoms with Crippen LogP contribution in [0.3, 0.4) is 0 Å². The molecule has 0 aliphatic rings. The third kappa shape index (κ3) is 3.27. The van der Waals surface area contributed by atoms with Crippen molar-refractivity contribution in [2.75, 3.05) is 0 Å². The Morgan fingerprint density at radius 2 is 2.00 bits per heavy atom. The Bertz CT molecular complexity index is 668. The van der Waals surface area contributed by atoms with E-state index in [2.05, 4.69) is 10.3 Å². The summed E-state index contributed by atoms with van der Waals surface area (Å²) in [5.74, 6) is -0.477. The van der Waals surface area contributed by atoms with E-state index in [-0.39, 0.29) is 15.7 Å². The van der Waals surface area contributed by atoms with Gasteiger partial charge in [0.25, 0.3) is 5.91 Å². The molecule has 0 radical (unpaired) electrons. The molecule has 20 heavy (non-hydrogen) atoms. The highest BCUT2D eigenvalue weighted by molar-refractivity contribution is 6.35. The molecule has 1 aromatic heterocycles. The molecule has 0 saturated heterocycles. The number of aromatic nitrogens is 1. The molecule has 2 rings (SSSR count). The van der Waals surface area contributed by atoms with Gasteiger partial charge in [-0.25, -0.2) is 4.98 Å². The van der Waals surface area contributed by atoms with Crippen LogP contribution in [0, 0.1) is 11.3 Å². The number of hydrogen-bond acceptors (Lipinski definition) is 3. The molecule has 0 bridgehead atoms. The molecule has 0 fully saturated rings. The van der Waals surface area contributed by atoms with Gasteiger partial charge in [0.2, 0.25) is 0 Å². The summed E-state index contributed by atoms with van der Waals surface area (Å²) < 4.78 is 0. The van der Waals surface area contributed by atoms with Gasteiger partial charge in [-0.05, 0) is 11.6 Å². The predicted molar refractivity (Wildman–Crippen MR) is 76.5 cm³/mol. The van der Waals surface area contributed by atoms with Gasteiger partial charge >= 0.3 is 0 Å². The second-order valence-corrected chi connectivity index (χ2v) is 4.73. The van der Waals surface area contributed by atoms with Crippen molar-refractivity contribution in [1.82, 2.24) is 10.3 Å². The lowest BCUT2D eigenvalue weighted by atomic mass is 10.1. The van der Waals surface area contributed by atoms with Gasteiger partial charge in [-0.15, -0.1) is 0 Å². The number of halogens is 2. The molecular weight excluding hydrogens is 297 g/mol. The number of pyridine rings is 1. The first kappa shape index (κ1) is 14.3. The molecule has 100 valence electrons. The van der Waals surface area contributed by atoms with Crippen LogP contribution in [0.15, 0.2) is 42.6 Å². The summed E-state index contributed by atoms with van der Waals surface area (Å²) in [5.41, 5.74) is 0.877. The quantitative estimate of drug-likeness (QED) is 0.884. The van der Waals surface area contributed by atoms with Crippen LogP contribution < -0.4 is 5.32 Å². The minimum absolute atomic E-state index is 0.160. The standard InChI is InChI=1S/C14H9Cl2N3O/c15-11-8-18-13(16)6-10(11)14(20)19-12(7-17)9-4-2-1-3-5-9/h1-6,8,12H,(H,19,20). The highest BCUT2D eigenvalue weighted by Crippen LogP contribution is 2.19. The maximum absolute atomic E-state index is 12.1. The van der Waals surface area contributed by atoms with Crippen molar-refractivity contribution in [3.63, 3.8) is 0 Å². The smallest absolute Gasteiger partial charge is 0.254 e. The van der Waals surface area contributed by atoms with Crippen LogP contribution in [0.4, 0.5) is 0 Å². The van der Waals surface area contributed by atoms with E-state index < -0.39 is 11.9 Å². The van der Waals surface area contributed by atoms with Gasteiger partial charge in [-0.1, -0.05) is 53.5 Å². The van der Waals surface area contributed by atoms with E-state index in [0.717, 1.165) is 0 Å². The molecule has 1 N–H and O–H groups in total. The first-order valence-electron chi connectivity index (χ1n) is 5.68. The van der Waals surface area contributed by atoms with Crippen LogP contribution in [0.2, 0.25) is 10.2 Å². The SMILES string of the molecule is N#CC(NC(=O)c1cc(Cl)ncc1Cl)c1ccccc1. The van der Waals surface area contributed by atoms with Crippen LogP contribution >= 0.6 is 23.2 Å². The molecule has 1 heterocycles. The molecule has 0 aliphatic heterocycles. The van der Waals surface area contributed by atoms with E-state index in [1.54, 1.807) is 24.3 Å². The largest absolute Gasteiger partial charge is 0.332 e. The summed E-state index contributed by atoms with van der Waals surface area (Å²) in [6.07, 6.45) is 1.29. The van der Waals surface area contributed by atoms with E-state index in [4.69, 9.17) is 28.5 Å². The molecule has 0 aliphatic carbocycles. The molecule has 0 spiro atoms. The Kier molecular flexibility index (Phi) is 4.57. The van der Waals surface area contributed by atoms with E-state index in [1.165, 1.54) is 12.3 Å². The number of hydrogen-bond donors (Lipinski definition) is 1. The van der Waals surface area contributed by atoms with E-state index >= 15 is 0 Å². The molecule has 6 heteroatoms. The Labute approximate surface area is 126 Å². The third-order valence-corrected chi connectivity index (χ3v) is 3.11. The van der Waals surface area contributed by atoms with Crippen molar-refractivity contribution in [1.29, 1.82) is 5.26 Å². The molecule has 0 saturated carbocycles. The van der Waals surface area contributed by atoms with Crippen LogP contribution in [-0.2, 0) is 0 Å². The minimum atomic E-state index is -0.758. The summed E-state index contributed by atoms with van der Waals surface area (Å²) in [6, 6.07) is 11.6. The van der Waals surface area contributed by atoms with Gasteiger partial charge in [0.1, 0.15) is 11.2 Å². The van der Waals surface area contributed by atoms with Crippen molar-refractivity contribution < 1.29 is 4.79 Å². The lowest BCUT2D eigenvalue weighted by molar-refractivity contribution is 0.0945. The lowest BCUT2D eigenvalue weighted by Gasteiger charge is -2.12. The topological polar surface area (TPSA) is 65.8 Å². The summed E-state index contributed by atoms with van der Waals surface area (Å²) in [6.45, 7) is 0. The summed E-state index contributed by atoms with van der Waals surface area (Å²) in [5, 5.41) is 12.1. The van der Waals surface area contributed by atoms with Crippen molar-refractivity contribution >= 4 is 29.1 Å². The average molecular weight is 306 g/mol. The van der Waals surface area contributed by atoms with Gasteiger partial charge in [0.15, 0.2) is 0 Å². The minimum Gasteiger partial charge on any atom is -0.332 e. The second kappa shape index (κ2) is 6.38. The lowest BCUT2D eigenvalue weighted by Crippen LogP contribution is -2.27. The van der Waals surface area contributed by atoms with Crippen LogP contribution in [0.25, 0.3) is 0 Å². The molecule has 4 nitrogen and oxygen atoms in total. The fourth-order valence-electron chi connectivity index (χ4n) is 1.63. The molecule has 1 unspecified atom stereocenters. The highest BCUT2D eigenvalue weighted by atomic mass is 35.5. The zero-order chi connectivity index (χ0) is 14.5. The number of carbonyl (C=O) groups is 1. The molecule has 1 atom stereocenters.